The van der Waals surface area contributed by atoms with Gasteiger partial charge in [-0.1, -0.05) is 78.9 Å². The predicted molar refractivity (Wildman–Crippen MR) is 101 cm³/mol. The smallest absolute Gasteiger partial charge is 0.104 e. The lowest BCUT2D eigenvalue weighted by atomic mass is 9.95. The summed E-state index contributed by atoms with van der Waals surface area (Å²) in [5, 5.41) is 0. The number of rotatable bonds is 4. The van der Waals surface area contributed by atoms with E-state index in [4.69, 9.17) is 0 Å². The van der Waals surface area contributed by atoms with Gasteiger partial charge in [-0.15, -0.1) is 0 Å². The molecule has 0 bridgehead atoms. The highest BCUT2D eigenvalue weighted by Gasteiger charge is 2.33. The maximum Gasteiger partial charge on any atom is 0.104 e. The van der Waals surface area contributed by atoms with Gasteiger partial charge in [0.1, 0.15) is 6.54 Å². The fraction of sp³-hybridized carbons (Fsp3) is 0.217. The summed E-state index contributed by atoms with van der Waals surface area (Å²) in [4.78, 5) is 0. The van der Waals surface area contributed by atoms with Crippen LogP contribution in [0.25, 0.3) is 11.1 Å². The minimum Gasteiger partial charge on any atom is -0.324 e. The van der Waals surface area contributed by atoms with E-state index >= 15 is 0 Å². The van der Waals surface area contributed by atoms with Crippen molar-refractivity contribution in [1.82, 2.24) is 0 Å². The third-order valence-corrected chi connectivity index (χ3v) is 5.09. The second-order valence-electron chi connectivity index (χ2n) is 7.49. The molecule has 24 heavy (non-hydrogen) atoms. The summed E-state index contributed by atoms with van der Waals surface area (Å²) in [7, 11) is 4.69. The molecule has 0 fully saturated rings. The Morgan fingerprint density at radius 1 is 0.667 bits per heavy atom. The molecule has 4 rings (SSSR count). The molecule has 3 aromatic carbocycles. The number of benzene rings is 3. The number of hydrogen-bond donors (Lipinski definition) is 0. The normalized spacial score (nSPS) is 13.6. The largest absolute Gasteiger partial charge is 0.324 e. The number of nitrogens with zero attached hydrogens (tertiary/aromatic N) is 1. The van der Waals surface area contributed by atoms with Crippen molar-refractivity contribution in [3.63, 3.8) is 0 Å². The van der Waals surface area contributed by atoms with Crippen molar-refractivity contribution in [1.29, 1.82) is 0 Å². The summed E-state index contributed by atoms with van der Waals surface area (Å²) in [5.41, 5.74) is 7.20. The summed E-state index contributed by atoms with van der Waals surface area (Å²) in [6.07, 6.45) is 0. The molecule has 0 radical (unpaired) electrons. The van der Waals surface area contributed by atoms with Gasteiger partial charge in [0, 0.05) is 5.56 Å². The van der Waals surface area contributed by atoms with Crippen molar-refractivity contribution < 1.29 is 4.48 Å². The van der Waals surface area contributed by atoms with E-state index < -0.39 is 0 Å². The van der Waals surface area contributed by atoms with Crippen LogP contribution in [0.15, 0.2) is 78.9 Å². The van der Waals surface area contributed by atoms with Crippen molar-refractivity contribution in [2.45, 2.75) is 12.5 Å². The van der Waals surface area contributed by atoms with Crippen LogP contribution in [-0.2, 0) is 6.54 Å². The zero-order chi connectivity index (χ0) is 16.6. The third-order valence-electron chi connectivity index (χ3n) is 5.09. The molecule has 0 unspecified atom stereocenters. The van der Waals surface area contributed by atoms with E-state index in [0.29, 0.717) is 5.92 Å². The minimum atomic E-state index is 0.483. The quantitative estimate of drug-likeness (QED) is 0.589. The first-order valence-corrected chi connectivity index (χ1v) is 8.68. The average Bonchev–Trinajstić information content (AvgIpc) is 2.90. The van der Waals surface area contributed by atoms with Crippen molar-refractivity contribution in [2.75, 3.05) is 20.6 Å². The van der Waals surface area contributed by atoms with Crippen LogP contribution in [0.4, 0.5) is 0 Å². The first-order chi connectivity index (χ1) is 11.6. The lowest BCUT2D eigenvalue weighted by Gasteiger charge is -2.33. The molecule has 3 aromatic rings. The molecule has 0 N–H and O–H groups in total. The SMILES string of the molecule is C[N+](C)(Cc1ccccc1)CC1c2ccccc2-c2ccccc21. The molecule has 0 saturated heterocycles. The zero-order valence-electron chi connectivity index (χ0n) is 14.4. The monoisotopic (exact) mass is 314 g/mol. The summed E-state index contributed by atoms with van der Waals surface area (Å²) in [6.45, 7) is 2.17. The van der Waals surface area contributed by atoms with E-state index in [-0.39, 0.29) is 0 Å². The molecular weight excluding hydrogens is 290 g/mol. The lowest BCUT2D eigenvalue weighted by Crippen LogP contribution is -2.42. The first kappa shape index (κ1) is 15.2. The number of hydrogen-bond acceptors (Lipinski definition) is 0. The summed E-state index contributed by atoms with van der Waals surface area (Å²) >= 11 is 0. The zero-order valence-corrected chi connectivity index (χ0v) is 14.4. The van der Waals surface area contributed by atoms with Crippen LogP contribution >= 0.6 is 0 Å². The topological polar surface area (TPSA) is 0 Å². The Morgan fingerprint density at radius 3 is 1.75 bits per heavy atom. The number of likely N-dealkylation sites (N-methyl/N-ethyl adjacent to an activating group) is 1. The highest BCUT2D eigenvalue weighted by atomic mass is 15.3. The summed E-state index contributed by atoms with van der Waals surface area (Å²) in [5.74, 6) is 0.483. The second-order valence-corrected chi connectivity index (χ2v) is 7.49. The molecule has 1 aliphatic rings. The predicted octanol–water partition coefficient (Wildman–Crippen LogP) is 5.08. The molecule has 0 saturated carbocycles. The molecule has 0 atom stereocenters. The molecule has 0 aliphatic heterocycles. The van der Waals surface area contributed by atoms with Gasteiger partial charge in [-0.2, -0.15) is 0 Å². The number of fused-ring (bicyclic) bond motifs is 3. The molecule has 0 amide bonds. The van der Waals surface area contributed by atoms with Gasteiger partial charge in [0.2, 0.25) is 0 Å². The highest BCUT2D eigenvalue weighted by molar-refractivity contribution is 5.78. The van der Waals surface area contributed by atoms with E-state index in [1.807, 2.05) is 0 Å². The van der Waals surface area contributed by atoms with Gasteiger partial charge in [0.05, 0.1) is 26.6 Å². The van der Waals surface area contributed by atoms with Gasteiger partial charge in [-0.25, -0.2) is 0 Å². The summed E-state index contributed by atoms with van der Waals surface area (Å²) in [6, 6.07) is 28.6. The summed E-state index contributed by atoms with van der Waals surface area (Å²) < 4.78 is 0.983. The second kappa shape index (κ2) is 5.92. The van der Waals surface area contributed by atoms with Gasteiger partial charge < -0.3 is 4.48 Å². The van der Waals surface area contributed by atoms with Crippen LogP contribution in [0.3, 0.4) is 0 Å². The van der Waals surface area contributed by atoms with E-state index in [1.54, 1.807) is 0 Å². The molecular formula is C23H24N+. The Bertz CT molecular complexity index is 803. The number of quaternary nitrogens is 1. The van der Waals surface area contributed by atoms with Crippen molar-refractivity contribution in [3.8, 4) is 11.1 Å². The Labute approximate surface area is 144 Å². The maximum atomic E-state index is 2.34. The average molecular weight is 314 g/mol. The Balaban J connectivity index is 1.67. The fourth-order valence-corrected chi connectivity index (χ4v) is 4.09. The van der Waals surface area contributed by atoms with Gasteiger partial charge >= 0.3 is 0 Å². The van der Waals surface area contributed by atoms with E-state index in [2.05, 4.69) is 93.0 Å². The molecule has 1 heteroatoms. The molecule has 1 aliphatic carbocycles. The van der Waals surface area contributed by atoms with Crippen molar-refractivity contribution >= 4 is 0 Å². The maximum absolute atomic E-state index is 2.34. The Hall–Kier alpha value is -2.38. The molecule has 0 heterocycles. The molecule has 0 spiro atoms. The molecule has 1 nitrogen and oxygen atoms in total. The van der Waals surface area contributed by atoms with Crippen LogP contribution in [0, 0.1) is 0 Å². The van der Waals surface area contributed by atoms with Gasteiger partial charge in [0.25, 0.3) is 0 Å². The van der Waals surface area contributed by atoms with Crippen LogP contribution in [-0.4, -0.2) is 25.1 Å². The van der Waals surface area contributed by atoms with Gasteiger partial charge in [-0.3, -0.25) is 0 Å². The van der Waals surface area contributed by atoms with Gasteiger partial charge in [-0.05, 0) is 22.3 Å². The van der Waals surface area contributed by atoms with E-state index in [0.717, 1.165) is 17.6 Å². The molecule has 0 aromatic heterocycles. The minimum absolute atomic E-state index is 0.483. The molecule has 120 valence electrons. The van der Waals surface area contributed by atoms with E-state index in [1.165, 1.54) is 27.8 Å². The van der Waals surface area contributed by atoms with Crippen LogP contribution in [0.5, 0.6) is 0 Å². The van der Waals surface area contributed by atoms with E-state index in [9.17, 15) is 0 Å². The Morgan fingerprint density at radius 2 is 1.17 bits per heavy atom. The van der Waals surface area contributed by atoms with Crippen molar-refractivity contribution in [2.24, 2.45) is 0 Å². The van der Waals surface area contributed by atoms with Crippen LogP contribution in [0.1, 0.15) is 22.6 Å². The third kappa shape index (κ3) is 2.76. The lowest BCUT2D eigenvalue weighted by molar-refractivity contribution is -0.904. The first-order valence-electron chi connectivity index (χ1n) is 8.68. The van der Waals surface area contributed by atoms with Crippen LogP contribution in [0.2, 0.25) is 0 Å². The van der Waals surface area contributed by atoms with Crippen molar-refractivity contribution in [3.05, 3.63) is 95.6 Å². The van der Waals surface area contributed by atoms with Crippen LogP contribution < -0.4 is 0 Å². The highest BCUT2D eigenvalue weighted by Crippen LogP contribution is 2.45. The standard InChI is InChI=1S/C23H24N/c1-24(2,16-18-10-4-3-5-11-18)17-23-21-14-8-6-12-19(21)20-13-7-9-15-22(20)23/h3-15,23H,16-17H2,1-2H3/q+1. The fourth-order valence-electron chi connectivity index (χ4n) is 4.09. The Kier molecular flexibility index (Phi) is 3.74. The van der Waals surface area contributed by atoms with Gasteiger partial charge in [0.15, 0.2) is 0 Å².